The largest absolute Gasteiger partial charge is 0.461 e. The molecule has 0 bridgehead atoms. The van der Waals surface area contributed by atoms with E-state index in [0.29, 0.717) is 18.7 Å². The summed E-state index contributed by atoms with van der Waals surface area (Å²) in [6.45, 7) is 9.38. The van der Waals surface area contributed by atoms with Crippen LogP contribution in [0.5, 0.6) is 0 Å². The number of hydrogen-bond donors (Lipinski definition) is 0. The molecule has 0 fully saturated rings. The van der Waals surface area contributed by atoms with Gasteiger partial charge in [0.25, 0.3) is 0 Å². The second kappa shape index (κ2) is 11.6. The van der Waals surface area contributed by atoms with Gasteiger partial charge in [0, 0.05) is 6.42 Å². The molecule has 0 saturated heterocycles. The summed E-state index contributed by atoms with van der Waals surface area (Å²) in [5.41, 5.74) is 0. The molecule has 0 aliphatic heterocycles. The molecule has 0 radical (unpaired) electrons. The van der Waals surface area contributed by atoms with Gasteiger partial charge in [-0.2, -0.15) is 0 Å². The Morgan fingerprint density at radius 1 is 1.12 bits per heavy atom. The second-order valence-electron chi connectivity index (χ2n) is 5.32. The lowest BCUT2D eigenvalue weighted by atomic mass is 10.2. The van der Waals surface area contributed by atoms with Crippen molar-refractivity contribution in [2.75, 3.05) is 25.5 Å². The van der Waals surface area contributed by atoms with Crippen LogP contribution in [0.15, 0.2) is 55.6 Å². The van der Waals surface area contributed by atoms with Crippen LogP contribution in [-0.4, -0.2) is 37.5 Å². The van der Waals surface area contributed by atoms with Gasteiger partial charge in [-0.05, 0) is 17.6 Å². The fraction of sp³-hybridized carbons (Fsp3) is 0.368. The number of carbonyl (C=O) groups is 2. The van der Waals surface area contributed by atoms with E-state index >= 15 is 0 Å². The predicted octanol–water partition coefficient (Wildman–Crippen LogP) is 3.28. The molecule has 1 aromatic rings. The van der Waals surface area contributed by atoms with Gasteiger partial charge in [-0.15, -0.1) is 0 Å². The van der Waals surface area contributed by atoms with E-state index in [1.54, 1.807) is 12.2 Å². The van der Waals surface area contributed by atoms with E-state index < -0.39 is 7.92 Å². The molecule has 24 heavy (non-hydrogen) atoms. The van der Waals surface area contributed by atoms with Crippen molar-refractivity contribution in [3.05, 3.63) is 55.6 Å². The van der Waals surface area contributed by atoms with Gasteiger partial charge in [-0.25, -0.2) is 0 Å². The summed E-state index contributed by atoms with van der Waals surface area (Å²) in [6.07, 6.45) is 4.82. The number of rotatable bonds is 11. The Morgan fingerprint density at radius 2 is 1.75 bits per heavy atom. The van der Waals surface area contributed by atoms with E-state index in [4.69, 9.17) is 9.47 Å². The summed E-state index contributed by atoms with van der Waals surface area (Å²) in [5.74, 6) is -0.687. The van der Waals surface area contributed by atoms with Crippen LogP contribution < -0.4 is 5.30 Å². The van der Waals surface area contributed by atoms with Crippen LogP contribution >= 0.6 is 7.92 Å². The van der Waals surface area contributed by atoms with Crippen molar-refractivity contribution in [1.82, 2.24) is 0 Å². The number of carbonyl (C=O) groups excluding carboxylic acids is 2. The molecular formula is C19H25O4P. The van der Waals surface area contributed by atoms with Crippen LogP contribution in [0.1, 0.15) is 13.3 Å². The van der Waals surface area contributed by atoms with Crippen LogP contribution in [0.4, 0.5) is 0 Å². The molecule has 5 heteroatoms. The first kappa shape index (κ1) is 20.1. The third-order valence-corrected chi connectivity index (χ3v) is 6.09. The fourth-order valence-electron chi connectivity index (χ4n) is 2.10. The fourth-order valence-corrected chi connectivity index (χ4v) is 4.61. The molecule has 0 aliphatic carbocycles. The van der Waals surface area contributed by atoms with Gasteiger partial charge in [0.05, 0.1) is 5.92 Å². The second-order valence-corrected chi connectivity index (χ2v) is 7.73. The van der Waals surface area contributed by atoms with Crippen LogP contribution in [0.25, 0.3) is 0 Å². The zero-order chi connectivity index (χ0) is 17.8. The van der Waals surface area contributed by atoms with Gasteiger partial charge in [0.1, 0.15) is 13.2 Å². The lowest BCUT2D eigenvalue weighted by molar-refractivity contribution is -0.145. The highest BCUT2D eigenvalue weighted by Crippen LogP contribution is 2.37. The topological polar surface area (TPSA) is 52.6 Å². The number of esters is 2. The molecule has 0 amide bonds. The minimum atomic E-state index is -0.643. The van der Waals surface area contributed by atoms with Gasteiger partial charge < -0.3 is 9.47 Å². The highest BCUT2D eigenvalue weighted by molar-refractivity contribution is 7.65. The number of ether oxygens (including phenoxy) is 2. The Kier molecular flexibility index (Phi) is 9.71. The summed E-state index contributed by atoms with van der Waals surface area (Å²) in [7, 11) is -0.643. The third-order valence-electron chi connectivity index (χ3n) is 3.31. The highest BCUT2D eigenvalue weighted by Gasteiger charge is 2.22. The lowest BCUT2D eigenvalue weighted by Crippen LogP contribution is -2.21. The molecule has 0 aliphatic rings. The van der Waals surface area contributed by atoms with Gasteiger partial charge in [-0.3, -0.25) is 9.59 Å². The van der Waals surface area contributed by atoms with Crippen LogP contribution in [0.2, 0.25) is 0 Å². The Balaban J connectivity index is 2.68. The maximum absolute atomic E-state index is 12.0. The lowest BCUT2D eigenvalue weighted by Gasteiger charge is -2.21. The molecule has 2 unspecified atom stereocenters. The quantitative estimate of drug-likeness (QED) is 0.350. The molecule has 2 atom stereocenters. The van der Waals surface area contributed by atoms with Crippen LogP contribution in [-0.2, 0) is 19.1 Å². The van der Waals surface area contributed by atoms with Crippen molar-refractivity contribution < 1.29 is 19.1 Å². The average Bonchev–Trinajstić information content (AvgIpc) is 2.61. The third kappa shape index (κ3) is 7.56. The molecule has 1 rings (SSSR count). The van der Waals surface area contributed by atoms with Gasteiger partial charge in [0.2, 0.25) is 0 Å². The summed E-state index contributed by atoms with van der Waals surface area (Å²) < 4.78 is 10.2. The van der Waals surface area contributed by atoms with Crippen molar-refractivity contribution in [2.45, 2.75) is 13.3 Å². The average molecular weight is 348 g/mol. The summed E-state index contributed by atoms with van der Waals surface area (Å²) in [4.78, 5) is 23.7. The molecule has 0 saturated carbocycles. The van der Waals surface area contributed by atoms with Gasteiger partial charge in [-0.1, -0.05) is 70.5 Å². The van der Waals surface area contributed by atoms with Crippen molar-refractivity contribution in [2.24, 2.45) is 5.92 Å². The molecule has 130 valence electrons. The SMILES string of the molecule is C=CCOC(=O)CCP(CC(C)C(=O)OCC=C)c1ccccc1. The predicted molar refractivity (Wildman–Crippen MR) is 98.8 cm³/mol. The van der Waals surface area contributed by atoms with Crippen molar-refractivity contribution in [3.63, 3.8) is 0 Å². The summed E-state index contributed by atoms with van der Waals surface area (Å²) >= 11 is 0. The number of hydrogen-bond acceptors (Lipinski definition) is 4. The van der Waals surface area contributed by atoms with Crippen molar-refractivity contribution in [1.29, 1.82) is 0 Å². The van der Waals surface area contributed by atoms with Crippen molar-refractivity contribution in [3.8, 4) is 0 Å². The molecule has 0 N–H and O–H groups in total. The summed E-state index contributed by atoms with van der Waals surface area (Å²) in [5, 5.41) is 1.17. The van der Waals surface area contributed by atoms with Crippen LogP contribution in [0.3, 0.4) is 0 Å². The zero-order valence-electron chi connectivity index (χ0n) is 14.1. The van der Waals surface area contributed by atoms with Crippen LogP contribution in [0, 0.1) is 5.92 Å². The highest BCUT2D eigenvalue weighted by atomic mass is 31.1. The van der Waals surface area contributed by atoms with E-state index in [1.165, 1.54) is 5.30 Å². The number of benzene rings is 1. The van der Waals surface area contributed by atoms with Crippen molar-refractivity contribution >= 4 is 25.2 Å². The monoisotopic (exact) mass is 348 g/mol. The van der Waals surface area contributed by atoms with Gasteiger partial charge >= 0.3 is 11.9 Å². The molecule has 0 heterocycles. The first-order chi connectivity index (χ1) is 11.6. The summed E-state index contributed by atoms with van der Waals surface area (Å²) in [6, 6.07) is 9.99. The minimum absolute atomic E-state index is 0.222. The molecule has 4 nitrogen and oxygen atoms in total. The van der Waals surface area contributed by atoms with Gasteiger partial charge in [0.15, 0.2) is 0 Å². The Bertz CT molecular complexity index is 542. The van der Waals surface area contributed by atoms with E-state index in [2.05, 4.69) is 13.2 Å². The normalized spacial score (nSPS) is 12.7. The molecule has 1 aromatic carbocycles. The molecule has 0 aromatic heterocycles. The zero-order valence-corrected chi connectivity index (χ0v) is 15.0. The molecular weight excluding hydrogens is 323 g/mol. The van der Waals surface area contributed by atoms with E-state index in [0.717, 1.165) is 0 Å². The standard InChI is InChI=1S/C19H25O4P/c1-4-12-22-18(20)11-14-24(17-9-7-6-8-10-17)15-16(3)19(21)23-13-5-2/h4-10,16H,1-2,11-15H2,3H3. The smallest absolute Gasteiger partial charge is 0.309 e. The van der Waals surface area contributed by atoms with E-state index in [-0.39, 0.29) is 31.1 Å². The Labute approximate surface area is 145 Å². The maximum Gasteiger partial charge on any atom is 0.309 e. The first-order valence-corrected chi connectivity index (χ1v) is 9.63. The Hall–Kier alpha value is -1.93. The molecule has 0 spiro atoms. The van der Waals surface area contributed by atoms with E-state index in [9.17, 15) is 9.59 Å². The Morgan fingerprint density at radius 3 is 2.38 bits per heavy atom. The maximum atomic E-state index is 12.0. The van der Waals surface area contributed by atoms with E-state index in [1.807, 2.05) is 37.3 Å². The minimum Gasteiger partial charge on any atom is -0.461 e. The first-order valence-electron chi connectivity index (χ1n) is 7.92.